The molecule has 2 amide bonds. The van der Waals surface area contributed by atoms with Crippen LogP contribution in [0.1, 0.15) is 6.92 Å². The van der Waals surface area contributed by atoms with Gasteiger partial charge in [0.05, 0.1) is 18.4 Å². The van der Waals surface area contributed by atoms with Crippen molar-refractivity contribution in [3.8, 4) is 0 Å². The van der Waals surface area contributed by atoms with Crippen LogP contribution in [0.25, 0.3) is 0 Å². The minimum Gasteiger partial charge on any atom is -0.366 e. The molecule has 1 aliphatic rings. The Balaban J connectivity index is 1.52. The maximum absolute atomic E-state index is 12.5. The molecule has 1 aromatic carbocycles. The molecule has 2 N–H and O–H groups in total. The zero-order valence-electron chi connectivity index (χ0n) is 17.7. The zero-order valence-corrected chi connectivity index (χ0v) is 18.4. The number of halogens is 4. The first-order chi connectivity index (χ1) is 15.5. The average molecular weight is 487 g/mol. The third kappa shape index (κ3) is 6.93. The number of benzene rings is 1. The smallest absolute Gasteiger partial charge is 0.366 e. The fourth-order valence-corrected chi connectivity index (χ4v) is 3.62. The quantitative estimate of drug-likeness (QED) is 0.649. The zero-order chi connectivity index (χ0) is 24.2. The maximum atomic E-state index is 12.5. The van der Waals surface area contributed by atoms with Gasteiger partial charge < -0.3 is 15.5 Å². The topological polar surface area (TPSA) is 99.6 Å². The van der Waals surface area contributed by atoms with E-state index in [9.17, 15) is 27.6 Å². The van der Waals surface area contributed by atoms with E-state index >= 15 is 0 Å². The number of amides is 2. The van der Waals surface area contributed by atoms with Gasteiger partial charge in [0.2, 0.25) is 11.8 Å². The van der Waals surface area contributed by atoms with Gasteiger partial charge in [0, 0.05) is 44.5 Å². The average Bonchev–Trinajstić information content (AvgIpc) is 2.72. The second kappa shape index (κ2) is 10.2. The van der Waals surface area contributed by atoms with Gasteiger partial charge in [0.1, 0.15) is 11.6 Å². The van der Waals surface area contributed by atoms with Crippen molar-refractivity contribution in [3.63, 3.8) is 0 Å². The number of anilines is 3. The van der Waals surface area contributed by atoms with E-state index < -0.39 is 18.3 Å². The Bertz CT molecular complexity index is 1070. The van der Waals surface area contributed by atoms with Crippen molar-refractivity contribution in [1.82, 2.24) is 14.7 Å². The minimum absolute atomic E-state index is 0.139. The van der Waals surface area contributed by atoms with Crippen LogP contribution in [0.3, 0.4) is 0 Å². The highest BCUT2D eigenvalue weighted by molar-refractivity contribution is 6.33. The molecule has 1 aromatic heterocycles. The SMILES string of the molecule is CC(=O)Nc1ccc(NC(=O)CN2CCN(c3cnn(CC(F)(F)F)c(=O)c3Cl)CC2)cc1. The third-order valence-electron chi connectivity index (χ3n) is 4.86. The number of hydrogen-bond donors (Lipinski definition) is 2. The van der Waals surface area contributed by atoms with Gasteiger partial charge in [-0.15, -0.1) is 0 Å². The lowest BCUT2D eigenvalue weighted by molar-refractivity contribution is -0.143. The van der Waals surface area contributed by atoms with Crippen molar-refractivity contribution >= 4 is 40.5 Å². The number of nitrogens with one attached hydrogen (secondary N) is 2. The second-order valence-electron chi connectivity index (χ2n) is 7.49. The van der Waals surface area contributed by atoms with Gasteiger partial charge in [0.15, 0.2) is 0 Å². The summed E-state index contributed by atoms with van der Waals surface area (Å²) >= 11 is 6.03. The Morgan fingerprint density at radius 2 is 1.64 bits per heavy atom. The summed E-state index contributed by atoms with van der Waals surface area (Å²) in [7, 11) is 0. The number of alkyl halides is 3. The lowest BCUT2D eigenvalue weighted by atomic mass is 10.2. The minimum atomic E-state index is -4.58. The summed E-state index contributed by atoms with van der Waals surface area (Å²) in [5.74, 6) is -0.407. The van der Waals surface area contributed by atoms with Gasteiger partial charge in [-0.3, -0.25) is 19.3 Å². The van der Waals surface area contributed by atoms with Crippen molar-refractivity contribution in [2.75, 3.05) is 48.3 Å². The molecule has 9 nitrogen and oxygen atoms in total. The van der Waals surface area contributed by atoms with Gasteiger partial charge in [-0.1, -0.05) is 11.6 Å². The van der Waals surface area contributed by atoms with Gasteiger partial charge in [-0.25, -0.2) is 4.68 Å². The molecule has 33 heavy (non-hydrogen) atoms. The predicted octanol–water partition coefficient (Wildman–Crippen LogP) is 2.18. The van der Waals surface area contributed by atoms with Crippen LogP contribution in [0.2, 0.25) is 5.02 Å². The van der Waals surface area contributed by atoms with Gasteiger partial charge in [-0.2, -0.15) is 18.3 Å². The summed E-state index contributed by atoms with van der Waals surface area (Å²) in [6, 6.07) is 6.71. The van der Waals surface area contributed by atoms with Crippen molar-refractivity contribution in [2.45, 2.75) is 19.6 Å². The number of rotatable bonds is 6. The Hall–Kier alpha value is -3.12. The van der Waals surface area contributed by atoms with Crippen molar-refractivity contribution in [1.29, 1.82) is 0 Å². The van der Waals surface area contributed by atoms with Crippen LogP contribution in [0.5, 0.6) is 0 Å². The molecular weight excluding hydrogens is 465 g/mol. The van der Waals surface area contributed by atoms with Crippen LogP contribution in [0.4, 0.5) is 30.2 Å². The van der Waals surface area contributed by atoms with Crippen LogP contribution in [-0.4, -0.2) is 65.4 Å². The Morgan fingerprint density at radius 3 is 2.18 bits per heavy atom. The largest absolute Gasteiger partial charge is 0.408 e. The Labute approximate surface area is 192 Å². The molecule has 2 heterocycles. The highest BCUT2D eigenvalue weighted by Crippen LogP contribution is 2.23. The van der Waals surface area contributed by atoms with Crippen LogP contribution >= 0.6 is 11.6 Å². The van der Waals surface area contributed by atoms with Crippen molar-refractivity contribution in [3.05, 3.63) is 45.8 Å². The molecule has 0 radical (unpaired) electrons. The second-order valence-corrected chi connectivity index (χ2v) is 7.87. The summed E-state index contributed by atoms with van der Waals surface area (Å²) < 4.78 is 37.9. The van der Waals surface area contributed by atoms with E-state index in [1.54, 1.807) is 29.2 Å². The first kappa shape index (κ1) is 24.5. The van der Waals surface area contributed by atoms with Crippen molar-refractivity contribution in [2.24, 2.45) is 0 Å². The molecule has 1 aliphatic heterocycles. The molecule has 0 aliphatic carbocycles. The highest BCUT2D eigenvalue weighted by Gasteiger charge is 2.30. The molecule has 13 heteroatoms. The molecule has 1 saturated heterocycles. The lowest BCUT2D eigenvalue weighted by Gasteiger charge is -2.35. The normalized spacial score (nSPS) is 14.8. The van der Waals surface area contributed by atoms with Crippen molar-refractivity contribution < 1.29 is 22.8 Å². The molecule has 3 rings (SSSR count). The van der Waals surface area contributed by atoms with Crippen LogP contribution < -0.4 is 21.1 Å². The molecular formula is C20H22ClF3N6O3. The molecule has 1 fully saturated rings. The standard InChI is InChI=1S/C20H22ClF3N6O3/c1-13(31)26-14-2-4-15(5-3-14)27-17(32)11-28-6-8-29(9-7-28)16-10-25-30(12-20(22,23)24)19(33)18(16)21/h2-5,10H,6-9,11-12H2,1H3,(H,26,31)(H,27,32). The first-order valence-electron chi connectivity index (χ1n) is 9.99. The van der Waals surface area contributed by atoms with E-state index in [0.717, 1.165) is 6.20 Å². The molecule has 0 atom stereocenters. The number of carbonyl (C=O) groups excluding carboxylic acids is 2. The monoisotopic (exact) mass is 486 g/mol. The molecule has 0 spiro atoms. The van der Waals surface area contributed by atoms with Crippen LogP contribution in [0.15, 0.2) is 35.3 Å². The summed E-state index contributed by atoms with van der Waals surface area (Å²) in [5, 5.41) is 8.70. The number of carbonyl (C=O) groups is 2. The van der Waals surface area contributed by atoms with Gasteiger partial charge in [-0.05, 0) is 24.3 Å². The highest BCUT2D eigenvalue weighted by atomic mass is 35.5. The fraction of sp³-hybridized carbons (Fsp3) is 0.400. The van der Waals surface area contributed by atoms with E-state index in [0.29, 0.717) is 37.6 Å². The Kier molecular flexibility index (Phi) is 7.59. The lowest BCUT2D eigenvalue weighted by Crippen LogP contribution is -2.49. The number of nitrogens with zero attached hydrogens (tertiary/aromatic N) is 4. The molecule has 2 aromatic rings. The number of piperazine rings is 1. The number of hydrogen-bond acceptors (Lipinski definition) is 6. The van der Waals surface area contributed by atoms with Crippen LogP contribution in [-0.2, 0) is 16.1 Å². The predicted molar refractivity (Wildman–Crippen MR) is 118 cm³/mol. The summed E-state index contributed by atoms with van der Waals surface area (Å²) in [4.78, 5) is 39.2. The van der Waals surface area contributed by atoms with Gasteiger partial charge >= 0.3 is 6.18 Å². The summed E-state index contributed by atoms with van der Waals surface area (Å²) in [6.07, 6.45) is -3.43. The molecule has 0 bridgehead atoms. The molecule has 0 unspecified atom stereocenters. The van der Waals surface area contributed by atoms with E-state index in [2.05, 4.69) is 15.7 Å². The molecule has 178 valence electrons. The van der Waals surface area contributed by atoms with E-state index in [4.69, 9.17) is 11.6 Å². The van der Waals surface area contributed by atoms with Gasteiger partial charge in [0.25, 0.3) is 5.56 Å². The third-order valence-corrected chi connectivity index (χ3v) is 5.22. The fourth-order valence-electron chi connectivity index (χ4n) is 3.35. The van der Waals surface area contributed by atoms with E-state index in [1.807, 2.05) is 4.90 Å². The molecule has 0 saturated carbocycles. The van der Waals surface area contributed by atoms with E-state index in [1.165, 1.54) is 6.92 Å². The number of aromatic nitrogens is 2. The van der Waals surface area contributed by atoms with Crippen LogP contribution in [0, 0.1) is 0 Å². The summed E-state index contributed by atoms with van der Waals surface area (Å²) in [6.45, 7) is 1.84. The van der Waals surface area contributed by atoms with E-state index in [-0.39, 0.29) is 33.8 Å². The summed E-state index contributed by atoms with van der Waals surface area (Å²) in [5.41, 5.74) is 0.474. The Morgan fingerprint density at radius 1 is 1.06 bits per heavy atom. The maximum Gasteiger partial charge on any atom is 0.408 e. The first-order valence-corrected chi connectivity index (χ1v) is 10.4.